The van der Waals surface area contributed by atoms with Gasteiger partial charge in [0.1, 0.15) is 11.6 Å². The summed E-state index contributed by atoms with van der Waals surface area (Å²) >= 11 is 4.49. The number of pyridine rings is 1. The molecule has 1 saturated carbocycles. The molecule has 0 radical (unpaired) electrons. The van der Waals surface area contributed by atoms with E-state index in [9.17, 15) is 13.7 Å². The van der Waals surface area contributed by atoms with E-state index in [-0.39, 0.29) is 10.9 Å². The predicted octanol–water partition coefficient (Wildman–Crippen LogP) is 4.78. The van der Waals surface area contributed by atoms with Crippen LogP contribution in [0.4, 0.5) is 15.9 Å². The summed E-state index contributed by atoms with van der Waals surface area (Å²) in [7, 11) is 0. The maximum atomic E-state index is 13.2. The number of benzene rings is 1. The van der Waals surface area contributed by atoms with Gasteiger partial charge in [-0.3, -0.25) is 4.79 Å². The first-order chi connectivity index (χ1) is 13.0. The molecule has 3 rings (SSSR count). The first-order valence-electron chi connectivity index (χ1n) is 8.89. The monoisotopic (exact) mass is 409 g/mol. The minimum atomic E-state index is -1.24. The second-order valence-electron chi connectivity index (χ2n) is 6.63. The zero-order valence-corrected chi connectivity index (χ0v) is 16.3. The summed E-state index contributed by atoms with van der Waals surface area (Å²) in [6.45, 7) is 0. The highest BCUT2D eigenvalue weighted by Gasteiger charge is 2.21. The average Bonchev–Trinajstić information content (AvgIpc) is 2.65. The van der Waals surface area contributed by atoms with Crippen molar-refractivity contribution in [1.29, 1.82) is 0 Å². The lowest BCUT2D eigenvalue weighted by molar-refractivity contribution is 0.102. The highest BCUT2D eigenvalue weighted by atomic mass is 35.5. The Morgan fingerprint density at radius 1 is 1.26 bits per heavy atom. The van der Waals surface area contributed by atoms with Gasteiger partial charge in [-0.15, -0.1) is 0 Å². The van der Waals surface area contributed by atoms with E-state index in [1.165, 1.54) is 43.7 Å². The highest BCUT2D eigenvalue weighted by molar-refractivity contribution is 7.92. The van der Waals surface area contributed by atoms with Crippen LogP contribution in [0.15, 0.2) is 36.5 Å². The molecule has 1 aromatic heterocycles. The van der Waals surface area contributed by atoms with Gasteiger partial charge < -0.3 is 9.87 Å². The first kappa shape index (κ1) is 19.9. The average molecular weight is 410 g/mol. The zero-order valence-electron chi connectivity index (χ0n) is 14.7. The second-order valence-corrected chi connectivity index (χ2v) is 8.27. The molecule has 1 fully saturated rings. The van der Waals surface area contributed by atoms with E-state index >= 15 is 0 Å². The molecule has 1 heterocycles. The van der Waals surface area contributed by atoms with Crippen LogP contribution in [0.3, 0.4) is 0 Å². The Morgan fingerprint density at radius 3 is 2.78 bits per heavy atom. The van der Waals surface area contributed by atoms with Gasteiger partial charge in [0.2, 0.25) is 0 Å². The fourth-order valence-corrected chi connectivity index (χ4v) is 4.50. The summed E-state index contributed by atoms with van der Waals surface area (Å²) in [6.07, 6.45) is 7.36. The van der Waals surface area contributed by atoms with Crippen molar-refractivity contribution in [3.8, 4) is 0 Å². The van der Waals surface area contributed by atoms with Gasteiger partial charge in [-0.1, -0.05) is 30.9 Å². The SMILES string of the molecule is O=C(Nc1ccc(F)c(Cl)c1)c1ccnc(N[S+]([O-])CC2CCCCC2)c1. The lowest BCUT2D eigenvalue weighted by Crippen LogP contribution is -2.24. The number of carbonyl (C=O) groups excluding carboxylic acids is 1. The minimum absolute atomic E-state index is 0.0667. The van der Waals surface area contributed by atoms with Crippen molar-refractivity contribution in [2.45, 2.75) is 32.1 Å². The topological polar surface area (TPSA) is 77.1 Å². The third-order valence-corrected chi connectivity index (χ3v) is 6.03. The number of carbonyl (C=O) groups is 1. The number of rotatable bonds is 6. The molecular formula is C19H21ClFN3O2S. The molecule has 1 unspecified atom stereocenters. The fraction of sp³-hybridized carbons (Fsp3) is 0.368. The number of amides is 1. The first-order valence-corrected chi connectivity index (χ1v) is 10.6. The third-order valence-electron chi connectivity index (χ3n) is 4.53. The lowest BCUT2D eigenvalue weighted by Gasteiger charge is -2.22. The van der Waals surface area contributed by atoms with Crippen molar-refractivity contribution < 1.29 is 13.7 Å². The van der Waals surface area contributed by atoms with E-state index < -0.39 is 17.2 Å². The van der Waals surface area contributed by atoms with Gasteiger partial charge in [0, 0.05) is 23.4 Å². The molecule has 1 aliphatic carbocycles. The van der Waals surface area contributed by atoms with Gasteiger partial charge in [0.25, 0.3) is 5.91 Å². The summed E-state index contributed by atoms with van der Waals surface area (Å²) < 4.78 is 28.4. The Morgan fingerprint density at radius 2 is 2.04 bits per heavy atom. The maximum absolute atomic E-state index is 13.2. The van der Waals surface area contributed by atoms with E-state index in [0.29, 0.717) is 28.7 Å². The maximum Gasteiger partial charge on any atom is 0.255 e. The Hall–Kier alpha value is -1.83. The number of anilines is 2. The zero-order chi connectivity index (χ0) is 19.2. The van der Waals surface area contributed by atoms with Crippen LogP contribution in [0.2, 0.25) is 5.02 Å². The number of aromatic nitrogens is 1. The molecule has 0 spiro atoms. The number of nitrogens with one attached hydrogen (secondary N) is 2. The Labute approximate surface area is 166 Å². The van der Waals surface area contributed by atoms with E-state index in [1.807, 2.05) is 0 Å². The van der Waals surface area contributed by atoms with Crippen LogP contribution < -0.4 is 10.0 Å². The summed E-state index contributed by atoms with van der Waals surface area (Å²) in [5.41, 5.74) is 0.737. The van der Waals surface area contributed by atoms with Crippen molar-refractivity contribution >= 4 is 40.4 Å². The number of hydrogen-bond acceptors (Lipinski definition) is 4. The van der Waals surface area contributed by atoms with Crippen molar-refractivity contribution in [3.63, 3.8) is 0 Å². The number of nitrogens with zero attached hydrogens (tertiary/aromatic N) is 1. The minimum Gasteiger partial charge on any atom is -0.593 e. The predicted molar refractivity (Wildman–Crippen MR) is 107 cm³/mol. The normalized spacial score (nSPS) is 16.0. The van der Waals surface area contributed by atoms with Gasteiger partial charge >= 0.3 is 0 Å². The molecule has 144 valence electrons. The summed E-state index contributed by atoms with van der Waals surface area (Å²) in [5, 5.41) is 2.58. The molecule has 1 amide bonds. The van der Waals surface area contributed by atoms with Crippen molar-refractivity contribution in [3.05, 3.63) is 52.9 Å². The van der Waals surface area contributed by atoms with Crippen LogP contribution in [0.1, 0.15) is 42.5 Å². The molecule has 0 bridgehead atoms. The molecule has 2 aromatic rings. The quantitative estimate of drug-likeness (QED) is 0.673. The molecule has 0 aliphatic heterocycles. The van der Waals surface area contributed by atoms with Crippen LogP contribution in [0.25, 0.3) is 0 Å². The largest absolute Gasteiger partial charge is 0.593 e. The van der Waals surface area contributed by atoms with Gasteiger partial charge in [-0.25, -0.2) is 9.37 Å². The lowest BCUT2D eigenvalue weighted by atomic mass is 9.91. The van der Waals surface area contributed by atoms with E-state index in [0.717, 1.165) is 12.8 Å². The van der Waals surface area contributed by atoms with Gasteiger partial charge in [0.05, 0.1) is 16.4 Å². The Balaban J connectivity index is 1.60. The standard InChI is InChI=1S/C19H21ClFN3O2S/c20-16-11-15(6-7-17(16)21)23-19(25)14-8-9-22-18(10-14)24-27(26)12-13-4-2-1-3-5-13/h6-11,13H,1-5,12H2,(H,22,24)(H,23,25). The third kappa shape index (κ3) is 5.82. The molecule has 2 N–H and O–H groups in total. The van der Waals surface area contributed by atoms with Crippen molar-refractivity contribution in [1.82, 2.24) is 4.98 Å². The van der Waals surface area contributed by atoms with Gasteiger partial charge in [-0.05, 0) is 43.2 Å². The molecule has 8 heteroatoms. The van der Waals surface area contributed by atoms with Gasteiger partial charge in [-0.2, -0.15) is 4.72 Å². The van der Waals surface area contributed by atoms with Crippen LogP contribution >= 0.6 is 11.6 Å². The summed E-state index contributed by atoms with van der Waals surface area (Å²) in [6, 6.07) is 7.05. The smallest absolute Gasteiger partial charge is 0.255 e. The second kappa shape index (κ2) is 9.39. The van der Waals surface area contributed by atoms with Crippen LogP contribution in [0, 0.1) is 11.7 Å². The van der Waals surface area contributed by atoms with Crippen LogP contribution in [-0.2, 0) is 11.4 Å². The molecular weight excluding hydrogens is 389 g/mol. The van der Waals surface area contributed by atoms with Crippen molar-refractivity contribution in [2.75, 3.05) is 15.8 Å². The molecule has 1 aromatic carbocycles. The van der Waals surface area contributed by atoms with Crippen molar-refractivity contribution in [2.24, 2.45) is 5.92 Å². The molecule has 5 nitrogen and oxygen atoms in total. The van der Waals surface area contributed by atoms with Crippen LogP contribution in [-0.4, -0.2) is 21.2 Å². The molecule has 1 aliphatic rings. The number of halogens is 2. The van der Waals surface area contributed by atoms with E-state index in [1.54, 1.807) is 12.1 Å². The molecule has 0 saturated heterocycles. The molecule has 27 heavy (non-hydrogen) atoms. The summed E-state index contributed by atoms with van der Waals surface area (Å²) in [4.78, 5) is 16.5. The van der Waals surface area contributed by atoms with Crippen LogP contribution in [0.5, 0.6) is 0 Å². The van der Waals surface area contributed by atoms with E-state index in [4.69, 9.17) is 11.6 Å². The van der Waals surface area contributed by atoms with Gasteiger partial charge in [0.15, 0.2) is 5.82 Å². The highest BCUT2D eigenvalue weighted by Crippen LogP contribution is 2.25. The number of hydrogen-bond donors (Lipinski definition) is 2. The summed E-state index contributed by atoms with van der Waals surface area (Å²) in [5.74, 6) is 0.508. The Bertz CT molecular complexity index is 802. The fourth-order valence-electron chi connectivity index (χ4n) is 3.13. The molecule has 1 atom stereocenters. The van der Waals surface area contributed by atoms with E-state index in [2.05, 4.69) is 15.0 Å². The Kier molecular flexibility index (Phi) is 6.93.